The number of benzene rings is 2. The van der Waals surface area contributed by atoms with E-state index in [0.717, 1.165) is 17.8 Å². The van der Waals surface area contributed by atoms with E-state index >= 15 is 0 Å². The number of aliphatic imine (C=N–C) groups is 1. The number of hydrogen-bond acceptors (Lipinski definition) is 4. The fourth-order valence-electron chi connectivity index (χ4n) is 2.02. The molecule has 0 aliphatic rings. The molecule has 0 aliphatic heterocycles. The number of carbonyl (C=O) groups excluding carboxylic acids is 1. The highest BCUT2D eigenvalue weighted by Crippen LogP contribution is 2.24. The molecule has 0 fully saturated rings. The number of carbonyl (C=O) groups is 1. The van der Waals surface area contributed by atoms with Crippen molar-refractivity contribution in [3.05, 3.63) is 60.4 Å². The molecule has 2 aromatic rings. The second-order valence-corrected chi connectivity index (χ2v) is 5.19. The molecule has 0 saturated heterocycles. The van der Waals surface area contributed by atoms with Crippen LogP contribution in [0.25, 0.3) is 0 Å². The number of nitrogens with one attached hydrogen (secondary N) is 3. The smallest absolute Gasteiger partial charge is 0.406 e. The molecule has 9 heteroatoms. The van der Waals surface area contributed by atoms with E-state index in [1.54, 1.807) is 30.3 Å². The summed E-state index contributed by atoms with van der Waals surface area (Å²) < 4.78 is 40.1. The van der Waals surface area contributed by atoms with E-state index < -0.39 is 12.4 Å². The number of ether oxygens (including phenoxy) is 1. The molecule has 0 heterocycles. The van der Waals surface area contributed by atoms with Gasteiger partial charge in [0.15, 0.2) is 0 Å². The number of anilines is 3. The Hall–Kier alpha value is -3.49. The van der Waals surface area contributed by atoms with Crippen molar-refractivity contribution in [1.29, 1.82) is 0 Å². The fraction of sp³-hybridized carbons (Fsp3) is 0.111. The van der Waals surface area contributed by atoms with Crippen molar-refractivity contribution in [3.63, 3.8) is 0 Å². The first-order valence-electron chi connectivity index (χ1n) is 7.73. The molecule has 2 aromatic carbocycles. The Morgan fingerprint density at radius 3 is 1.81 bits per heavy atom. The number of hydrogen-bond donors (Lipinski definition) is 3. The maximum Gasteiger partial charge on any atom is 0.573 e. The van der Waals surface area contributed by atoms with Crippen molar-refractivity contribution in [1.82, 2.24) is 0 Å². The van der Waals surface area contributed by atoms with E-state index in [1.807, 2.05) is 6.92 Å². The molecule has 27 heavy (non-hydrogen) atoms. The third kappa shape index (κ3) is 6.73. The lowest BCUT2D eigenvalue weighted by molar-refractivity contribution is -0.274. The standard InChI is InChI=1S/C18H17F3N4O2/c1-3-16(22-2)23-12-4-6-13(7-5-12)24-17(26)25-14-8-10-15(11-9-14)27-18(19,20)21/h3-11,23H,2H2,1H3,(H2,24,25,26)/b16-3+. The number of urea groups is 1. The lowest BCUT2D eigenvalue weighted by atomic mass is 10.2. The van der Waals surface area contributed by atoms with Crippen LogP contribution >= 0.6 is 0 Å². The van der Waals surface area contributed by atoms with E-state index in [9.17, 15) is 18.0 Å². The number of halogens is 3. The maximum absolute atomic E-state index is 12.1. The van der Waals surface area contributed by atoms with Gasteiger partial charge in [0, 0.05) is 17.1 Å². The minimum atomic E-state index is -4.76. The highest BCUT2D eigenvalue weighted by Gasteiger charge is 2.30. The van der Waals surface area contributed by atoms with Crippen LogP contribution in [0.15, 0.2) is 65.4 Å². The van der Waals surface area contributed by atoms with Crippen LogP contribution < -0.4 is 20.7 Å². The quantitative estimate of drug-likeness (QED) is 0.605. The molecule has 0 atom stereocenters. The fourth-order valence-corrected chi connectivity index (χ4v) is 2.02. The Morgan fingerprint density at radius 2 is 1.41 bits per heavy atom. The van der Waals surface area contributed by atoms with Crippen LogP contribution in [-0.4, -0.2) is 19.1 Å². The van der Waals surface area contributed by atoms with Gasteiger partial charge in [-0.05, 0) is 68.2 Å². The van der Waals surface area contributed by atoms with Crippen molar-refractivity contribution in [2.24, 2.45) is 4.99 Å². The van der Waals surface area contributed by atoms with Gasteiger partial charge in [-0.25, -0.2) is 9.79 Å². The second kappa shape index (κ2) is 8.75. The molecule has 0 aliphatic carbocycles. The van der Waals surface area contributed by atoms with Gasteiger partial charge in [-0.15, -0.1) is 13.2 Å². The van der Waals surface area contributed by atoms with Gasteiger partial charge in [0.25, 0.3) is 0 Å². The van der Waals surface area contributed by atoms with Gasteiger partial charge < -0.3 is 20.7 Å². The summed E-state index contributed by atoms with van der Waals surface area (Å²) in [6.45, 7) is 5.26. The third-order valence-corrected chi connectivity index (χ3v) is 3.20. The Bertz CT molecular complexity index is 816. The van der Waals surface area contributed by atoms with Gasteiger partial charge in [-0.1, -0.05) is 0 Å². The number of alkyl halides is 3. The minimum Gasteiger partial charge on any atom is -0.406 e. The first-order chi connectivity index (χ1) is 12.8. The summed E-state index contributed by atoms with van der Waals surface area (Å²) in [4.78, 5) is 15.8. The van der Waals surface area contributed by atoms with Crippen molar-refractivity contribution < 1.29 is 22.7 Å². The zero-order chi connectivity index (χ0) is 19.9. The van der Waals surface area contributed by atoms with E-state index in [1.165, 1.54) is 12.1 Å². The monoisotopic (exact) mass is 378 g/mol. The zero-order valence-corrected chi connectivity index (χ0v) is 14.3. The molecular formula is C18H17F3N4O2. The highest BCUT2D eigenvalue weighted by molar-refractivity contribution is 5.99. The van der Waals surface area contributed by atoms with Crippen LogP contribution in [0.4, 0.5) is 35.0 Å². The summed E-state index contributed by atoms with van der Waals surface area (Å²) in [5.41, 5.74) is 1.61. The topological polar surface area (TPSA) is 74.8 Å². The molecule has 2 rings (SSSR count). The molecule has 0 saturated carbocycles. The first kappa shape index (κ1) is 19.8. The van der Waals surface area contributed by atoms with Gasteiger partial charge in [0.2, 0.25) is 0 Å². The predicted molar refractivity (Wildman–Crippen MR) is 99.1 cm³/mol. The largest absolute Gasteiger partial charge is 0.573 e. The summed E-state index contributed by atoms with van der Waals surface area (Å²) >= 11 is 0. The molecule has 0 aromatic heterocycles. The van der Waals surface area contributed by atoms with E-state index in [-0.39, 0.29) is 5.75 Å². The second-order valence-electron chi connectivity index (χ2n) is 5.19. The van der Waals surface area contributed by atoms with Gasteiger partial charge in [0.05, 0.1) is 0 Å². The Labute approximate surface area is 153 Å². The van der Waals surface area contributed by atoms with Crippen molar-refractivity contribution in [2.75, 3.05) is 16.0 Å². The van der Waals surface area contributed by atoms with Crippen LogP contribution in [0.3, 0.4) is 0 Å². The van der Waals surface area contributed by atoms with Crippen LogP contribution in [0.2, 0.25) is 0 Å². The van der Waals surface area contributed by atoms with E-state index in [0.29, 0.717) is 17.2 Å². The van der Waals surface area contributed by atoms with Gasteiger partial charge in [-0.3, -0.25) is 0 Å². The minimum absolute atomic E-state index is 0.315. The van der Waals surface area contributed by atoms with Gasteiger partial charge in [-0.2, -0.15) is 0 Å². The summed E-state index contributed by atoms with van der Waals surface area (Å²) in [5.74, 6) is 0.234. The molecular weight excluding hydrogens is 361 g/mol. The van der Waals surface area contributed by atoms with Crippen LogP contribution in [0.5, 0.6) is 5.75 Å². The SMILES string of the molecule is C=N/C(=C\C)Nc1ccc(NC(=O)Nc2ccc(OC(F)(F)F)cc2)cc1. The van der Waals surface area contributed by atoms with E-state index in [2.05, 4.69) is 32.4 Å². The normalized spacial score (nSPS) is 11.5. The van der Waals surface area contributed by atoms with Gasteiger partial charge in [0.1, 0.15) is 11.6 Å². The summed E-state index contributed by atoms with van der Waals surface area (Å²) in [6, 6.07) is 11.1. The van der Waals surface area contributed by atoms with Crippen LogP contribution in [0.1, 0.15) is 6.92 Å². The third-order valence-electron chi connectivity index (χ3n) is 3.20. The number of amides is 2. The molecule has 0 unspecified atom stereocenters. The molecule has 0 spiro atoms. The average Bonchev–Trinajstić information content (AvgIpc) is 2.61. The lowest BCUT2D eigenvalue weighted by Crippen LogP contribution is -2.19. The van der Waals surface area contributed by atoms with Crippen molar-refractivity contribution in [2.45, 2.75) is 13.3 Å². The van der Waals surface area contributed by atoms with E-state index in [4.69, 9.17) is 0 Å². The Kier molecular flexibility index (Phi) is 6.42. The summed E-state index contributed by atoms with van der Waals surface area (Å²) in [6.07, 6.45) is -3.00. The number of rotatable bonds is 6. The van der Waals surface area contributed by atoms with Crippen LogP contribution in [0, 0.1) is 0 Å². The highest BCUT2D eigenvalue weighted by atomic mass is 19.4. The molecule has 0 radical (unpaired) electrons. The molecule has 6 nitrogen and oxygen atoms in total. The zero-order valence-electron chi connectivity index (χ0n) is 14.3. The van der Waals surface area contributed by atoms with Gasteiger partial charge >= 0.3 is 12.4 Å². The maximum atomic E-state index is 12.1. The molecule has 0 bridgehead atoms. The molecule has 142 valence electrons. The Morgan fingerprint density at radius 1 is 0.963 bits per heavy atom. The molecule has 2 amide bonds. The van der Waals surface area contributed by atoms with Crippen LogP contribution in [-0.2, 0) is 0 Å². The predicted octanol–water partition coefficient (Wildman–Crippen LogP) is 5.20. The first-order valence-corrected chi connectivity index (χ1v) is 7.73. The average molecular weight is 378 g/mol. The molecule has 3 N–H and O–H groups in total. The summed E-state index contributed by atoms with van der Waals surface area (Å²) in [7, 11) is 0. The number of nitrogens with zero attached hydrogens (tertiary/aromatic N) is 1. The van der Waals surface area contributed by atoms with Crippen molar-refractivity contribution in [3.8, 4) is 5.75 Å². The Balaban J connectivity index is 1.91. The number of allylic oxidation sites excluding steroid dienone is 1. The lowest BCUT2D eigenvalue weighted by Gasteiger charge is -2.11. The van der Waals surface area contributed by atoms with Crippen molar-refractivity contribution >= 4 is 29.8 Å². The summed E-state index contributed by atoms with van der Waals surface area (Å²) in [5, 5.41) is 8.15.